The van der Waals surface area contributed by atoms with Crippen LogP contribution in [0.3, 0.4) is 0 Å². The Morgan fingerprint density at radius 3 is 2.53 bits per heavy atom. The molecule has 0 spiro atoms. The first-order chi connectivity index (χ1) is 13.9. The summed E-state index contributed by atoms with van der Waals surface area (Å²) in [4.78, 5) is 22.4. The van der Waals surface area contributed by atoms with Crippen molar-refractivity contribution in [3.05, 3.63) is 40.7 Å². The predicted molar refractivity (Wildman–Crippen MR) is 129 cm³/mol. The Balaban J connectivity index is 0.00000320. The number of thiazole rings is 1. The van der Waals surface area contributed by atoms with Crippen molar-refractivity contribution in [3.8, 4) is 0 Å². The summed E-state index contributed by atoms with van der Waals surface area (Å²) in [6.07, 6.45) is 1.68. The molecule has 0 bridgehead atoms. The van der Waals surface area contributed by atoms with Gasteiger partial charge >= 0.3 is 0 Å². The second-order valence-electron chi connectivity index (χ2n) is 7.25. The summed E-state index contributed by atoms with van der Waals surface area (Å²) < 4.78 is 2.79. The number of aromatic nitrogens is 3. The molecule has 9 heteroatoms. The smallest absolute Gasteiger partial charge is 0.278 e. The van der Waals surface area contributed by atoms with Gasteiger partial charge in [0, 0.05) is 30.4 Å². The lowest BCUT2D eigenvalue weighted by atomic mass is 10.2. The number of rotatable bonds is 8. The van der Waals surface area contributed by atoms with Crippen LogP contribution < -0.4 is 4.90 Å². The molecule has 0 saturated heterocycles. The topological polar surface area (TPSA) is 54.3 Å². The van der Waals surface area contributed by atoms with E-state index in [-0.39, 0.29) is 24.4 Å². The number of likely N-dealkylation sites (N-methyl/N-ethyl adjacent to an activating group) is 1. The molecule has 0 fully saturated rings. The third kappa shape index (κ3) is 4.97. The fourth-order valence-electron chi connectivity index (χ4n) is 3.30. The van der Waals surface area contributed by atoms with Gasteiger partial charge in [-0.05, 0) is 57.6 Å². The van der Waals surface area contributed by atoms with E-state index in [1.54, 1.807) is 21.8 Å². The van der Waals surface area contributed by atoms with Gasteiger partial charge in [-0.3, -0.25) is 14.4 Å². The summed E-state index contributed by atoms with van der Waals surface area (Å²) in [6, 6.07) is 5.74. The number of hydrogen-bond acceptors (Lipinski definition) is 5. The highest BCUT2D eigenvalue weighted by molar-refractivity contribution is 7.22. The summed E-state index contributed by atoms with van der Waals surface area (Å²) in [5.41, 5.74) is 2.37. The Morgan fingerprint density at radius 1 is 1.20 bits per heavy atom. The van der Waals surface area contributed by atoms with E-state index >= 15 is 0 Å². The van der Waals surface area contributed by atoms with E-state index in [9.17, 15) is 4.79 Å². The van der Waals surface area contributed by atoms with Crippen molar-refractivity contribution in [3.63, 3.8) is 0 Å². The highest BCUT2D eigenvalue weighted by Crippen LogP contribution is 2.34. The molecule has 0 aliphatic rings. The van der Waals surface area contributed by atoms with Crippen LogP contribution in [0, 0.1) is 6.92 Å². The molecule has 164 valence electrons. The van der Waals surface area contributed by atoms with Gasteiger partial charge in [0.2, 0.25) is 0 Å². The molecule has 0 atom stereocenters. The Bertz CT molecular complexity index is 997. The summed E-state index contributed by atoms with van der Waals surface area (Å²) in [5.74, 6) is -0.0776. The fraction of sp³-hybridized carbons (Fsp3) is 0.476. The van der Waals surface area contributed by atoms with Gasteiger partial charge in [0.05, 0.1) is 10.2 Å². The normalized spacial score (nSPS) is 11.3. The molecule has 0 N–H and O–H groups in total. The molecule has 0 unspecified atom stereocenters. The number of aryl methyl sites for hydroxylation is 1. The number of nitrogens with zero attached hydrogens (tertiary/aromatic N) is 5. The summed E-state index contributed by atoms with van der Waals surface area (Å²) in [7, 11) is 0. The second-order valence-corrected chi connectivity index (χ2v) is 8.67. The van der Waals surface area contributed by atoms with Crippen LogP contribution >= 0.6 is 35.3 Å². The van der Waals surface area contributed by atoms with Crippen LogP contribution in [0.4, 0.5) is 5.13 Å². The lowest BCUT2D eigenvalue weighted by molar-refractivity contribution is 0.0971. The molecule has 2 aromatic heterocycles. The zero-order valence-electron chi connectivity index (χ0n) is 18.1. The lowest BCUT2D eigenvalue weighted by Gasteiger charge is -2.25. The lowest BCUT2D eigenvalue weighted by Crippen LogP contribution is -2.39. The van der Waals surface area contributed by atoms with Crippen LogP contribution in [0.1, 0.15) is 49.8 Å². The minimum atomic E-state index is -0.0776. The number of carbonyl (C=O) groups excluding carboxylic acids is 1. The number of halogens is 2. The Labute approximate surface area is 193 Å². The van der Waals surface area contributed by atoms with Crippen molar-refractivity contribution < 1.29 is 4.79 Å². The van der Waals surface area contributed by atoms with Gasteiger partial charge in [-0.25, -0.2) is 4.98 Å². The monoisotopic (exact) mass is 469 g/mol. The van der Waals surface area contributed by atoms with Gasteiger partial charge in [-0.15, -0.1) is 12.4 Å². The molecule has 3 aromatic rings. The molecule has 6 nitrogen and oxygen atoms in total. The SMILES string of the molecule is CCN(CC)CCN(C(=O)c1ccnn1C(C)C)c1nc2c(C)c(Cl)ccc2s1.Cl. The number of hydrogen-bond donors (Lipinski definition) is 0. The van der Waals surface area contributed by atoms with Gasteiger partial charge in [0.25, 0.3) is 5.91 Å². The van der Waals surface area contributed by atoms with E-state index in [0.717, 1.165) is 35.4 Å². The first kappa shape index (κ1) is 24.6. The summed E-state index contributed by atoms with van der Waals surface area (Å²) in [6.45, 7) is 13.5. The van der Waals surface area contributed by atoms with Crippen molar-refractivity contribution >= 4 is 56.6 Å². The van der Waals surface area contributed by atoms with Crippen LogP contribution in [0.25, 0.3) is 10.2 Å². The number of fused-ring (bicyclic) bond motifs is 1. The van der Waals surface area contributed by atoms with Gasteiger partial charge in [-0.1, -0.05) is 36.8 Å². The van der Waals surface area contributed by atoms with Gasteiger partial charge in [-0.2, -0.15) is 5.10 Å². The maximum Gasteiger partial charge on any atom is 0.278 e. The van der Waals surface area contributed by atoms with E-state index in [2.05, 4.69) is 23.8 Å². The molecule has 0 radical (unpaired) electrons. The third-order valence-corrected chi connectivity index (χ3v) is 6.58. The second kappa shape index (κ2) is 10.6. The standard InChI is InChI=1S/C21H28ClN5OS.ClH/c1-6-25(7-2)12-13-26(20(28)17-10-11-23-27(17)14(3)4)21-24-19-15(5)16(22)8-9-18(19)29-21;/h8-11,14H,6-7,12-13H2,1-5H3;1H. The van der Waals surface area contributed by atoms with Crippen LogP contribution in [-0.4, -0.2) is 51.8 Å². The van der Waals surface area contributed by atoms with Crippen molar-refractivity contribution in [2.75, 3.05) is 31.1 Å². The molecule has 0 saturated carbocycles. The van der Waals surface area contributed by atoms with E-state index in [1.807, 2.05) is 32.9 Å². The Kier molecular flexibility index (Phi) is 8.67. The van der Waals surface area contributed by atoms with Gasteiger partial charge in [0.1, 0.15) is 5.69 Å². The quantitative estimate of drug-likeness (QED) is 0.440. The molecule has 1 amide bonds. The largest absolute Gasteiger partial charge is 0.302 e. The molecular formula is C21H29Cl2N5OS. The summed E-state index contributed by atoms with van der Waals surface area (Å²) in [5, 5.41) is 5.71. The maximum atomic E-state index is 13.5. The van der Waals surface area contributed by atoms with E-state index in [0.29, 0.717) is 22.4 Å². The summed E-state index contributed by atoms with van der Waals surface area (Å²) >= 11 is 7.80. The molecule has 3 rings (SSSR count). The Hall–Kier alpha value is -1.67. The van der Waals surface area contributed by atoms with Crippen molar-refractivity contribution in [1.29, 1.82) is 0 Å². The van der Waals surface area contributed by atoms with Crippen LogP contribution in [0.2, 0.25) is 5.02 Å². The highest BCUT2D eigenvalue weighted by atomic mass is 35.5. The average molecular weight is 470 g/mol. The maximum absolute atomic E-state index is 13.5. The van der Waals surface area contributed by atoms with Crippen molar-refractivity contribution in [2.24, 2.45) is 0 Å². The van der Waals surface area contributed by atoms with Gasteiger partial charge < -0.3 is 4.90 Å². The van der Waals surface area contributed by atoms with Gasteiger partial charge in [0.15, 0.2) is 5.13 Å². The van der Waals surface area contributed by atoms with Crippen LogP contribution in [0.15, 0.2) is 24.4 Å². The molecule has 2 heterocycles. The minimum absolute atomic E-state index is 0. The van der Waals surface area contributed by atoms with Crippen molar-refractivity contribution in [1.82, 2.24) is 19.7 Å². The number of benzene rings is 1. The molecule has 0 aliphatic carbocycles. The molecule has 1 aromatic carbocycles. The van der Waals surface area contributed by atoms with Crippen molar-refractivity contribution in [2.45, 2.75) is 40.7 Å². The van der Waals surface area contributed by atoms with E-state index < -0.39 is 0 Å². The predicted octanol–water partition coefficient (Wildman–Crippen LogP) is 5.45. The minimum Gasteiger partial charge on any atom is -0.302 e. The number of anilines is 1. The zero-order chi connectivity index (χ0) is 21.1. The zero-order valence-corrected chi connectivity index (χ0v) is 20.4. The Morgan fingerprint density at radius 2 is 1.90 bits per heavy atom. The molecule has 0 aliphatic heterocycles. The van der Waals surface area contributed by atoms with Crippen LogP contribution in [0.5, 0.6) is 0 Å². The first-order valence-electron chi connectivity index (χ1n) is 10.0. The van der Waals surface area contributed by atoms with E-state index in [4.69, 9.17) is 16.6 Å². The number of carbonyl (C=O) groups is 1. The molecule has 30 heavy (non-hydrogen) atoms. The average Bonchev–Trinajstić information content (AvgIpc) is 3.35. The fourth-order valence-corrected chi connectivity index (χ4v) is 4.50. The van der Waals surface area contributed by atoms with E-state index in [1.165, 1.54) is 11.3 Å². The highest BCUT2D eigenvalue weighted by Gasteiger charge is 2.25. The molecular weight excluding hydrogens is 441 g/mol. The third-order valence-electron chi connectivity index (χ3n) is 5.13. The first-order valence-corrected chi connectivity index (χ1v) is 11.2. The van der Waals surface area contributed by atoms with Crippen LogP contribution in [-0.2, 0) is 0 Å². The number of amides is 1.